The van der Waals surface area contributed by atoms with Crippen LogP contribution < -0.4 is 5.32 Å². The molecule has 0 saturated heterocycles. The first kappa shape index (κ1) is 16.0. The maximum absolute atomic E-state index is 11.4. The zero-order valence-electron chi connectivity index (χ0n) is 11.9. The summed E-state index contributed by atoms with van der Waals surface area (Å²) in [7, 11) is 0. The van der Waals surface area contributed by atoms with Crippen LogP contribution in [-0.4, -0.2) is 18.2 Å². The molecule has 1 amide bonds. The molecule has 0 unspecified atom stereocenters. The van der Waals surface area contributed by atoms with Crippen LogP contribution in [0.25, 0.3) is 0 Å². The molecule has 0 aromatic heterocycles. The van der Waals surface area contributed by atoms with Crippen molar-refractivity contribution in [2.75, 3.05) is 6.54 Å². The van der Waals surface area contributed by atoms with Crippen molar-refractivity contribution in [2.45, 2.75) is 65.9 Å². The van der Waals surface area contributed by atoms with Crippen LogP contribution in [0.2, 0.25) is 0 Å². The van der Waals surface area contributed by atoms with E-state index < -0.39 is 5.60 Å². The fraction of sp³-hybridized carbons (Fsp3) is 0.786. The molecule has 1 N–H and O–H groups in total. The quantitative estimate of drug-likeness (QED) is 0.713. The lowest BCUT2D eigenvalue weighted by molar-refractivity contribution is 0.0528. The minimum atomic E-state index is -0.421. The van der Waals surface area contributed by atoms with Crippen molar-refractivity contribution in [3.05, 3.63) is 11.6 Å². The van der Waals surface area contributed by atoms with Crippen LogP contribution in [0.15, 0.2) is 11.6 Å². The van der Waals surface area contributed by atoms with Crippen LogP contribution in [0.5, 0.6) is 0 Å². The van der Waals surface area contributed by atoms with Crippen LogP contribution >= 0.6 is 0 Å². The highest BCUT2D eigenvalue weighted by Gasteiger charge is 2.15. The molecule has 0 rings (SSSR count). The highest BCUT2D eigenvalue weighted by Crippen LogP contribution is 2.11. The Balaban J connectivity index is 3.78. The van der Waals surface area contributed by atoms with Crippen molar-refractivity contribution >= 4 is 6.09 Å². The summed E-state index contributed by atoms with van der Waals surface area (Å²) < 4.78 is 5.16. The first-order chi connectivity index (χ1) is 7.89. The monoisotopic (exact) mass is 241 g/mol. The highest BCUT2D eigenvalue weighted by molar-refractivity contribution is 5.67. The van der Waals surface area contributed by atoms with Crippen LogP contribution in [0.3, 0.4) is 0 Å². The number of alkyl carbamates (subject to hydrolysis) is 1. The average Bonchev–Trinajstić information content (AvgIpc) is 2.20. The SMILES string of the molecule is C/C=C(/CCCC)CCNC(=O)OC(C)(C)C. The lowest BCUT2D eigenvalue weighted by Crippen LogP contribution is -2.33. The van der Waals surface area contributed by atoms with Gasteiger partial charge < -0.3 is 10.1 Å². The van der Waals surface area contributed by atoms with Crippen molar-refractivity contribution in [1.29, 1.82) is 0 Å². The van der Waals surface area contributed by atoms with Crippen LogP contribution in [0, 0.1) is 0 Å². The second-order valence-corrected chi connectivity index (χ2v) is 5.23. The molecule has 0 aromatic rings. The van der Waals surface area contributed by atoms with Gasteiger partial charge in [0.15, 0.2) is 0 Å². The standard InChI is InChI=1S/C14H27NO2/c1-6-8-9-12(7-2)10-11-15-13(16)17-14(3,4)5/h7H,6,8-11H2,1-5H3,(H,15,16)/b12-7-. The summed E-state index contributed by atoms with van der Waals surface area (Å²) >= 11 is 0. The molecule has 0 aliphatic rings. The number of nitrogens with one attached hydrogen (secondary N) is 1. The highest BCUT2D eigenvalue weighted by atomic mass is 16.6. The number of ether oxygens (including phenoxy) is 1. The Labute approximate surface area is 106 Å². The Morgan fingerprint density at radius 3 is 2.41 bits per heavy atom. The van der Waals surface area contributed by atoms with Gasteiger partial charge in [0, 0.05) is 6.54 Å². The Hall–Kier alpha value is -0.990. The molecule has 0 spiro atoms. The van der Waals surface area contributed by atoms with Crippen molar-refractivity contribution in [3.8, 4) is 0 Å². The van der Waals surface area contributed by atoms with E-state index in [-0.39, 0.29) is 6.09 Å². The predicted molar refractivity (Wildman–Crippen MR) is 72.1 cm³/mol. The number of carbonyl (C=O) groups excluding carboxylic acids is 1. The van der Waals surface area contributed by atoms with Crippen molar-refractivity contribution in [1.82, 2.24) is 5.32 Å². The molecular formula is C14H27NO2. The predicted octanol–water partition coefficient (Wildman–Crippen LogP) is 4.04. The van der Waals surface area contributed by atoms with E-state index in [0.29, 0.717) is 6.54 Å². The molecule has 0 atom stereocenters. The number of amides is 1. The minimum Gasteiger partial charge on any atom is -0.444 e. The zero-order valence-corrected chi connectivity index (χ0v) is 11.9. The van der Waals surface area contributed by atoms with E-state index in [1.54, 1.807) is 0 Å². The molecule has 0 bridgehead atoms. The molecule has 0 aliphatic carbocycles. The third-order valence-corrected chi connectivity index (χ3v) is 2.37. The normalized spacial score (nSPS) is 12.4. The van der Waals surface area contributed by atoms with Gasteiger partial charge in [-0.2, -0.15) is 0 Å². The van der Waals surface area contributed by atoms with E-state index in [9.17, 15) is 4.79 Å². The van der Waals surface area contributed by atoms with E-state index in [4.69, 9.17) is 4.74 Å². The topological polar surface area (TPSA) is 38.3 Å². The van der Waals surface area contributed by atoms with Crippen molar-refractivity contribution in [2.24, 2.45) is 0 Å². The molecule has 0 fully saturated rings. The van der Waals surface area contributed by atoms with E-state index >= 15 is 0 Å². The minimum absolute atomic E-state index is 0.330. The van der Waals surface area contributed by atoms with Gasteiger partial charge >= 0.3 is 6.09 Å². The Morgan fingerprint density at radius 2 is 1.94 bits per heavy atom. The smallest absolute Gasteiger partial charge is 0.407 e. The third-order valence-electron chi connectivity index (χ3n) is 2.37. The number of hydrogen-bond acceptors (Lipinski definition) is 2. The molecule has 3 heteroatoms. The summed E-state index contributed by atoms with van der Waals surface area (Å²) in [5.41, 5.74) is 0.985. The molecule has 0 aromatic carbocycles. The van der Waals surface area contributed by atoms with Crippen molar-refractivity contribution < 1.29 is 9.53 Å². The van der Waals surface area contributed by atoms with Gasteiger partial charge in [-0.15, -0.1) is 0 Å². The van der Waals surface area contributed by atoms with Gasteiger partial charge in [0.05, 0.1) is 0 Å². The van der Waals surface area contributed by atoms with E-state index in [2.05, 4.69) is 25.2 Å². The lowest BCUT2D eigenvalue weighted by atomic mass is 10.1. The van der Waals surface area contributed by atoms with Crippen LogP contribution in [0.4, 0.5) is 4.79 Å². The fourth-order valence-electron chi connectivity index (χ4n) is 1.46. The number of unbranched alkanes of at least 4 members (excludes halogenated alkanes) is 1. The summed E-state index contributed by atoms with van der Waals surface area (Å²) in [6.45, 7) is 10.5. The molecule has 0 radical (unpaired) electrons. The van der Waals surface area contributed by atoms with Gasteiger partial charge in [0.2, 0.25) is 0 Å². The summed E-state index contributed by atoms with van der Waals surface area (Å²) in [4.78, 5) is 11.4. The van der Waals surface area contributed by atoms with Crippen molar-refractivity contribution in [3.63, 3.8) is 0 Å². The lowest BCUT2D eigenvalue weighted by Gasteiger charge is -2.19. The van der Waals surface area contributed by atoms with Crippen LogP contribution in [0.1, 0.15) is 60.3 Å². The largest absolute Gasteiger partial charge is 0.444 e. The summed E-state index contributed by atoms with van der Waals surface area (Å²) in [6.07, 6.45) is 6.28. The maximum Gasteiger partial charge on any atom is 0.407 e. The summed E-state index contributed by atoms with van der Waals surface area (Å²) in [5, 5.41) is 2.78. The number of hydrogen-bond donors (Lipinski definition) is 1. The second-order valence-electron chi connectivity index (χ2n) is 5.23. The summed E-state index contributed by atoms with van der Waals surface area (Å²) in [5.74, 6) is 0. The maximum atomic E-state index is 11.4. The number of rotatable bonds is 6. The van der Waals surface area contributed by atoms with Gasteiger partial charge in [-0.05, 0) is 47.0 Å². The Morgan fingerprint density at radius 1 is 1.29 bits per heavy atom. The van der Waals surface area contributed by atoms with Crippen LogP contribution in [-0.2, 0) is 4.74 Å². The average molecular weight is 241 g/mol. The molecule has 0 aliphatic heterocycles. The third kappa shape index (κ3) is 9.91. The number of allylic oxidation sites excluding steroid dienone is 1. The van der Waals surface area contributed by atoms with E-state index in [1.165, 1.54) is 18.4 Å². The Kier molecular flexibility index (Phi) is 7.68. The first-order valence-electron chi connectivity index (χ1n) is 6.50. The Bertz CT molecular complexity index is 251. The van der Waals surface area contributed by atoms with Gasteiger partial charge in [0.1, 0.15) is 5.60 Å². The van der Waals surface area contributed by atoms with E-state index in [1.807, 2.05) is 20.8 Å². The van der Waals surface area contributed by atoms with Gasteiger partial charge in [-0.3, -0.25) is 0 Å². The molecular weight excluding hydrogens is 214 g/mol. The molecule has 17 heavy (non-hydrogen) atoms. The summed E-state index contributed by atoms with van der Waals surface area (Å²) in [6, 6.07) is 0. The molecule has 0 saturated carbocycles. The molecule has 100 valence electrons. The zero-order chi connectivity index (χ0) is 13.3. The fourth-order valence-corrected chi connectivity index (χ4v) is 1.46. The van der Waals surface area contributed by atoms with Gasteiger partial charge in [0.25, 0.3) is 0 Å². The molecule has 0 heterocycles. The first-order valence-corrected chi connectivity index (χ1v) is 6.50. The van der Waals surface area contributed by atoms with Gasteiger partial charge in [-0.1, -0.05) is 25.0 Å². The van der Waals surface area contributed by atoms with E-state index in [0.717, 1.165) is 12.8 Å². The second kappa shape index (κ2) is 8.15. The van der Waals surface area contributed by atoms with Gasteiger partial charge in [-0.25, -0.2) is 4.79 Å². The number of carbonyl (C=O) groups is 1. The molecule has 3 nitrogen and oxygen atoms in total.